The van der Waals surface area contributed by atoms with E-state index in [-0.39, 0.29) is 5.41 Å². The van der Waals surface area contributed by atoms with Crippen LogP contribution < -0.4 is 0 Å². The molecule has 1 saturated carbocycles. The molecule has 0 atom stereocenters. The Labute approximate surface area is 176 Å². The van der Waals surface area contributed by atoms with Gasteiger partial charge in [0.05, 0.1) is 11.6 Å². The highest BCUT2D eigenvalue weighted by molar-refractivity contribution is 6.29. The van der Waals surface area contributed by atoms with Gasteiger partial charge in [-0.2, -0.15) is 10.2 Å². The number of hydrogen-bond donors (Lipinski definition) is 2. The van der Waals surface area contributed by atoms with Crippen LogP contribution in [-0.4, -0.2) is 39.9 Å². The van der Waals surface area contributed by atoms with Crippen LogP contribution in [0.1, 0.15) is 24.2 Å². The summed E-state index contributed by atoms with van der Waals surface area (Å²) in [5.41, 5.74) is 4.67. The first-order valence-corrected chi connectivity index (χ1v) is 10.0. The lowest BCUT2D eigenvalue weighted by Crippen LogP contribution is -2.11. The predicted octanol–water partition coefficient (Wildman–Crippen LogP) is 3.88. The number of aromatic nitrogens is 8. The van der Waals surface area contributed by atoms with Crippen molar-refractivity contribution >= 4 is 22.6 Å². The molecule has 0 saturated heterocycles. The summed E-state index contributed by atoms with van der Waals surface area (Å²) in [7, 11) is 1.90. The molecule has 148 valence electrons. The molecule has 0 amide bonds. The number of fused-ring (bicyclic) bond motifs is 1. The molecule has 0 spiro atoms. The summed E-state index contributed by atoms with van der Waals surface area (Å²) in [4.78, 5) is 16.9. The van der Waals surface area contributed by atoms with Gasteiger partial charge in [0, 0.05) is 53.9 Å². The Balaban J connectivity index is 1.40. The maximum atomic E-state index is 5.95. The van der Waals surface area contributed by atoms with Crippen LogP contribution in [0.15, 0.2) is 49.2 Å². The summed E-state index contributed by atoms with van der Waals surface area (Å²) in [6.45, 7) is 0. The average Bonchev–Trinajstić information content (AvgIpc) is 3.10. The number of nitrogens with zero attached hydrogens (tertiary/aromatic N) is 6. The molecule has 8 nitrogen and oxygen atoms in total. The van der Waals surface area contributed by atoms with Gasteiger partial charge >= 0.3 is 0 Å². The first-order chi connectivity index (χ1) is 14.6. The molecule has 1 aliphatic carbocycles. The van der Waals surface area contributed by atoms with Crippen LogP contribution in [0.2, 0.25) is 5.15 Å². The van der Waals surface area contributed by atoms with Crippen molar-refractivity contribution in [2.24, 2.45) is 7.05 Å². The number of nitrogens with one attached hydrogen (secondary N) is 2. The molecule has 0 radical (unpaired) electrons. The van der Waals surface area contributed by atoms with Gasteiger partial charge in [0.1, 0.15) is 16.6 Å². The normalized spacial score (nSPS) is 15.0. The standard InChI is InChI=1S/C21H17ClN8/c1-30-11-13(8-26-30)12-6-15-16(10-25-18(15)24-7-12)19-27-20(29-28-19)21(4-5-21)14-2-3-17(22)23-9-14/h2-3,6-11H,4-5H2,1H3,(H,24,25)(H,27,28,29). The maximum Gasteiger partial charge on any atom is 0.183 e. The third kappa shape index (κ3) is 2.64. The van der Waals surface area contributed by atoms with E-state index < -0.39 is 0 Å². The Kier molecular flexibility index (Phi) is 3.61. The Bertz CT molecular complexity index is 1370. The fourth-order valence-electron chi connectivity index (χ4n) is 3.96. The zero-order valence-electron chi connectivity index (χ0n) is 16.1. The summed E-state index contributed by atoms with van der Waals surface area (Å²) in [6, 6.07) is 5.93. The van der Waals surface area contributed by atoms with E-state index in [4.69, 9.17) is 16.6 Å². The van der Waals surface area contributed by atoms with Gasteiger partial charge < -0.3 is 4.98 Å². The van der Waals surface area contributed by atoms with E-state index in [1.54, 1.807) is 4.68 Å². The second kappa shape index (κ2) is 6.24. The van der Waals surface area contributed by atoms with Crippen molar-refractivity contribution < 1.29 is 0 Å². The van der Waals surface area contributed by atoms with Crippen molar-refractivity contribution in [3.05, 3.63) is 65.7 Å². The monoisotopic (exact) mass is 416 g/mol. The van der Waals surface area contributed by atoms with Gasteiger partial charge in [-0.3, -0.25) is 9.78 Å². The minimum Gasteiger partial charge on any atom is -0.345 e. The minimum atomic E-state index is -0.159. The number of rotatable bonds is 4. The van der Waals surface area contributed by atoms with Crippen molar-refractivity contribution in [3.63, 3.8) is 0 Å². The largest absolute Gasteiger partial charge is 0.345 e. The number of pyridine rings is 2. The number of H-pyrrole nitrogens is 2. The predicted molar refractivity (Wildman–Crippen MR) is 113 cm³/mol. The fraction of sp³-hybridized carbons (Fsp3) is 0.190. The molecule has 1 fully saturated rings. The Morgan fingerprint density at radius 2 is 2.00 bits per heavy atom. The van der Waals surface area contributed by atoms with Crippen LogP contribution in [0, 0.1) is 0 Å². The van der Waals surface area contributed by atoms with Crippen LogP contribution >= 0.6 is 11.6 Å². The topological polar surface area (TPSA) is 101 Å². The number of hydrogen-bond acceptors (Lipinski definition) is 5. The summed E-state index contributed by atoms with van der Waals surface area (Å²) in [5.74, 6) is 1.50. The van der Waals surface area contributed by atoms with Crippen molar-refractivity contribution in [1.29, 1.82) is 0 Å². The number of halogens is 1. The molecule has 1 aliphatic rings. The maximum absolute atomic E-state index is 5.95. The fourth-order valence-corrected chi connectivity index (χ4v) is 4.07. The highest BCUT2D eigenvalue weighted by atomic mass is 35.5. The van der Waals surface area contributed by atoms with Gasteiger partial charge in [0.15, 0.2) is 5.82 Å². The lowest BCUT2D eigenvalue weighted by atomic mass is 9.97. The van der Waals surface area contributed by atoms with Crippen molar-refractivity contribution in [3.8, 4) is 22.5 Å². The second-order valence-corrected chi connectivity index (χ2v) is 8.07. The number of aryl methyl sites for hydroxylation is 1. The molecule has 5 aromatic heterocycles. The van der Waals surface area contributed by atoms with Crippen molar-refractivity contribution in [2.45, 2.75) is 18.3 Å². The lowest BCUT2D eigenvalue weighted by Gasteiger charge is -2.11. The van der Waals surface area contributed by atoms with E-state index >= 15 is 0 Å². The Morgan fingerprint density at radius 1 is 1.10 bits per heavy atom. The first kappa shape index (κ1) is 17.3. The van der Waals surface area contributed by atoms with E-state index in [1.165, 1.54) is 0 Å². The molecule has 30 heavy (non-hydrogen) atoms. The molecule has 0 bridgehead atoms. The third-order valence-electron chi connectivity index (χ3n) is 5.78. The molecule has 9 heteroatoms. The van der Waals surface area contributed by atoms with Crippen LogP contribution in [0.25, 0.3) is 33.5 Å². The summed E-state index contributed by atoms with van der Waals surface area (Å²) >= 11 is 5.95. The molecule has 5 heterocycles. The van der Waals surface area contributed by atoms with Crippen LogP contribution in [0.3, 0.4) is 0 Å². The molecule has 2 N–H and O–H groups in total. The highest BCUT2D eigenvalue weighted by Gasteiger charge is 2.49. The molecule has 6 rings (SSSR count). The summed E-state index contributed by atoms with van der Waals surface area (Å²) in [5, 5.41) is 13.4. The van der Waals surface area contributed by atoms with E-state index in [0.29, 0.717) is 11.0 Å². The van der Waals surface area contributed by atoms with E-state index in [9.17, 15) is 0 Å². The third-order valence-corrected chi connectivity index (χ3v) is 6.00. The Morgan fingerprint density at radius 3 is 2.73 bits per heavy atom. The average molecular weight is 417 g/mol. The summed E-state index contributed by atoms with van der Waals surface area (Å²) in [6.07, 6.45) is 11.4. The zero-order valence-corrected chi connectivity index (χ0v) is 16.9. The smallest absolute Gasteiger partial charge is 0.183 e. The molecule has 0 aromatic carbocycles. The van der Waals surface area contributed by atoms with E-state index in [2.05, 4.69) is 36.3 Å². The van der Waals surface area contributed by atoms with Gasteiger partial charge in [0.25, 0.3) is 0 Å². The van der Waals surface area contributed by atoms with E-state index in [0.717, 1.165) is 52.0 Å². The molecule has 0 unspecified atom stereocenters. The molecular weight excluding hydrogens is 400 g/mol. The van der Waals surface area contributed by atoms with Gasteiger partial charge in [-0.1, -0.05) is 17.7 Å². The highest BCUT2D eigenvalue weighted by Crippen LogP contribution is 2.52. The SMILES string of the molecule is Cn1cc(-c2cnc3[nH]cc(-c4n[nH]c(C5(c6ccc(Cl)nc6)CC5)n4)c3c2)cn1. The van der Waals surface area contributed by atoms with Crippen LogP contribution in [0.5, 0.6) is 0 Å². The molecular formula is C21H17ClN8. The van der Waals surface area contributed by atoms with E-state index in [1.807, 2.05) is 50.2 Å². The zero-order chi connectivity index (χ0) is 20.3. The first-order valence-electron chi connectivity index (χ1n) is 9.64. The van der Waals surface area contributed by atoms with Gasteiger partial charge in [-0.15, -0.1) is 0 Å². The van der Waals surface area contributed by atoms with Crippen molar-refractivity contribution in [2.75, 3.05) is 0 Å². The van der Waals surface area contributed by atoms with Gasteiger partial charge in [-0.05, 0) is 30.5 Å². The van der Waals surface area contributed by atoms with Crippen LogP contribution in [0.4, 0.5) is 0 Å². The quantitative estimate of drug-likeness (QED) is 0.433. The minimum absolute atomic E-state index is 0.159. The van der Waals surface area contributed by atoms with Gasteiger partial charge in [0.2, 0.25) is 0 Å². The molecule has 0 aliphatic heterocycles. The van der Waals surface area contributed by atoms with Crippen LogP contribution in [-0.2, 0) is 12.5 Å². The molecule has 5 aromatic rings. The second-order valence-electron chi connectivity index (χ2n) is 7.68. The van der Waals surface area contributed by atoms with Gasteiger partial charge in [-0.25, -0.2) is 15.0 Å². The lowest BCUT2D eigenvalue weighted by molar-refractivity contribution is 0.757. The summed E-state index contributed by atoms with van der Waals surface area (Å²) < 4.78 is 1.78. The van der Waals surface area contributed by atoms with Crippen molar-refractivity contribution in [1.82, 2.24) is 39.9 Å². The Hall–Kier alpha value is -3.52. The number of aromatic amines is 2.